The van der Waals surface area contributed by atoms with Crippen LogP contribution < -0.4 is 4.74 Å². The third kappa shape index (κ3) is 3.41. The lowest BCUT2D eigenvalue weighted by Crippen LogP contribution is -1.95. The third-order valence-corrected chi connectivity index (χ3v) is 3.53. The van der Waals surface area contributed by atoms with Crippen molar-refractivity contribution in [2.24, 2.45) is 0 Å². The van der Waals surface area contributed by atoms with Crippen molar-refractivity contribution in [1.29, 1.82) is 5.26 Å². The molecule has 0 radical (unpaired) electrons. The van der Waals surface area contributed by atoms with Gasteiger partial charge in [0.2, 0.25) is 5.88 Å². The van der Waals surface area contributed by atoms with Crippen LogP contribution in [0.5, 0.6) is 11.6 Å². The van der Waals surface area contributed by atoms with Gasteiger partial charge in [0.25, 0.3) is 0 Å². The topological polar surface area (TPSA) is 45.9 Å². The van der Waals surface area contributed by atoms with Gasteiger partial charge in [0, 0.05) is 5.56 Å². The number of pyridine rings is 1. The van der Waals surface area contributed by atoms with Crippen LogP contribution in [0.25, 0.3) is 11.3 Å². The van der Waals surface area contributed by atoms with Crippen molar-refractivity contribution in [2.45, 2.75) is 13.8 Å². The van der Waals surface area contributed by atoms with Gasteiger partial charge in [-0.05, 0) is 73.5 Å². The molecule has 1 heterocycles. The zero-order chi connectivity index (χ0) is 17.1. The Labute approximate surface area is 140 Å². The molecule has 0 aliphatic rings. The summed E-state index contributed by atoms with van der Waals surface area (Å²) < 4.78 is 18.9. The van der Waals surface area contributed by atoms with Crippen LogP contribution in [0.1, 0.15) is 16.7 Å². The molecule has 0 unspecified atom stereocenters. The van der Waals surface area contributed by atoms with Crippen molar-refractivity contribution >= 4 is 0 Å². The van der Waals surface area contributed by atoms with Crippen molar-refractivity contribution in [1.82, 2.24) is 4.98 Å². The molecule has 0 aliphatic heterocycles. The zero-order valence-corrected chi connectivity index (χ0v) is 13.4. The van der Waals surface area contributed by atoms with Gasteiger partial charge in [0.1, 0.15) is 23.2 Å². The van der Waals surface area contributed by atoms with Crippen molar-refractivity contribution < 1.29 is 9.13 Å². The minimum Gasteiger partial charge on any atom is -0.438 e. The van der Waals surface area contributed by atoms with Gasteiger partial charge >= 0.3 is 0 Å². The Bertz CT molecular complexity index is 907. The first kappa shape index (κ1) is 15.7. The molecular formula is C20H15FN2O. The molecule has 2 aromatic carbocycles. The van der Waals surface area contributed by atoms with E-state index in [4.69, 9.17) is 4.74 Å². The van der Waals surface area contributed by atoms with E-state index in [1.165, 1.54) is 12.1 Å². The quantitative estimate of drug-likeness (QED) is 0.669. The van der Waals surface area contributed by atoms with Crippen LogP contribution in [-0.2, 0) is 0 Å². The summed E-state index contributed by atoms with van der Waals surface area (Å²) in [6.45, 7) is 3.96. The molecule has 0 aliphatic carbocycles. The minimum atomic E-state index is -0.306. The molecule has 0 N–H and O–H groups in total. The van der Waals surface area contributed by atoms with Gasteiger partial charge in [-0.1, -0.05) is 6.07 Å². The highest BCUT2D eigenvalue weighted by atomic mass is 19.1. The summed E-state index contributed by atoms with van der Waals surface area (Å²) in [5, 5.41) is 9.28. The van der Waals surface area contributed by atoms with Crippen LogP contribution >= 0.6 is 0 Å². The lowest BCUT2D eigenvalue weighted by molar-refractivity contribution is 0.461. The standard InChI is InChI=1S/C20H15FN2O/c1-13-9-14(2)11-18(10-13)24-20-16(12-22)5-8-19(23-20)15-3-6-17(21)7-4-15/h3-11H,1-2H3. The lowest BCUT2D eigenvalue weighted by Gasteiger charge is -2.10. The largest absolute Gasteiger partial charge is 0.438 e. The molecule has 24 heavy (non-hydrogen) atoms. The first-order valence-electron chi connectivity index (χ1n) is 7.48. The van der Waals surface area contributed by atoms with Gasteiger partial charge in [0.15, 0.2) is 0 Å². The molecule has 3 aromatic rings. The molecule has 0 amide bonds. The molecule has 1 aromatic heterocycles. The van der Waals surface area contributed by atoms with Crippen molar-refractivity contribution in [2.75, 3.05) is 0 Å². The maximum absolute atomic E-state index is 13.1. The van der Waals surface area contributed by atoms with E-state index in [9.17, 15) is 9.65 Å². The first-order chi connectivity index (χ1) is 11.5. The fraction of sp³-hybridized carbons (Fsp3) is 0.100. The maximum Gasteiger partial charge on any atom is 0.237 e. The highest BCUT2D eigenvalue weighted by Gasteiger charge is 2.10. The summed E-state index contributed by atoms with van der Waals surface area (Å²) in [6, 6.07) is 17.3. The Morgan fingerprint density at radius 2 is 1.62 bits per heavy atom. The van der Waals surface area contributed by atoms with E-state index < -0.39 is 0 Å². The second kappa shape index (κ2) is 6.51. The summed E-state index contributed by atoms with van der Waals surface area (Å²) in [5.41, 5.74) is 3.86. The van der Waals surface area contributed by atoms with Crippen molar-refractivity contribution in [3.8, 4) is 29.0 Å². The number of aryl methyl sites for hydroxylation is 2. The first-order valence-corrected chi connectivity index (χ1v) is 7.48. The molecule has 3 rings (SSSR count). The van der Waals surface area contributed by atoms with Crippen LogP contribution in [0.2, 0.25) is 0 Å². The number of hydrogen-bond donors (Lipinski definition) is 0. The number of rotatable bonds is 3. The predicted octanol–water partition coefficient (Wildman–Crippen LogP) is 5.17. The van der Waals surface area contributed by atoms with E-state index in [0.29, 0.717) is 17.0 Å². The van der Waals surface area contributed by atoms with Gasteiger partial charge in [-0.3, -0.25) is 0 Å². The Morgan fingerprint density at radius 3 is 2.25 bits per heavy atom. The Morgan fingerprint density at radius 1 is 0.958 bits per heavy atom. The molecule has 0 atom stereocenters. The minimum absolute atomic E-state index is 0.240. The molecular weight excluding hydrogens is 303 g/mol. The number of halogens is 1. The molecule has 0 saturated heterocycles. The van der Waals surface area contributed by atoms with Crippen LogP contribution in [0.3, 0.4) is 0 Å². The SMILES string of the molecule is Cc1cc(C)cc(Oc2nc(-c3ccc(F)cc3)ccc2C#N)c1. The highest BCUT2D eigenvalue weighted by Crippen LogP contribution is 2.28. The summed E-state index contributed by atoms with van der Waals surface area (Å²) in [7, 11) is 0. The molecule has 4 heteroatoms. The molecule has 118 valence electrons. The van der Waals surface area contributed by atoms with E-state index in [0.717, 1.165) is 16.7 Å². The molecule has 3 nitrogen and oxygen atoms in total. The Balaban J connectivity index is 2.01. The van der Waals surface area contributed by atoms with E-state index >= 15 is 0 Å². The van der Waals surface area contributed by atoms with Crippen LogP contribution in [-0.4, -0.2) is 4.98 Å². The van der Waals surface area contributed by atoms with Gasteiger partial charge < -0.3 is 4.74 Å². The maximum atomic E-state index is 13.1. The van der Waals surface area contributed by atoms with Crippen LogP contribution in [0, 0.1) is 31.0 Å². The monoisotopic (exact) mass is 318 g/mol. The fourth-order valence-electron chi connectivity index (χ4n) is 2.49. The Hall–Kier alpha value is -3.19. The predicted molar refractivity (Wildman–Crippen MR) is 90.3 cm³/mol. The van der Waals surface area contributed by atoms with E-state index in [2.05, 4.69) is 11.1 Å². The number of ether oxygens (including phenoxy) is 1. The molecule has 0 saturated carbocycles. The van der Waals surface area contributed by atoms with Crippen molar-refractivity contribution in [3.63, 3.8) is 0 Å². The molecule has 0 fully saturated rings. The summed E-state index contributed by atoms with van der Waals surface area (Å²) in [6.07, 6.45) is 0. The molecule has 0 spiro atoms. The second-order valence-corrected chi connectivity index (χ2v) is 5.59. The molecule has 0 bridgehead atoms. The van der Waals surface area contributed by atoms with Crippen molar-refractivity contribution in [3.05, 3.63) is 77.1 Å². The average molecular weight is 318 g/mol. The van der Waals surface area contributed by atoms with E-state index in [-0.39, 0.29) is 11.7 Å². The second-order valence-electron chi connectivity index (χ2n) is 5.59. The number of hydrogen-bond acceptors (Lipinski definition) is 3. The number of nitrogens with zero attached hydrogens (tertiary/aromatic N) is 2. The van der Waals surface area contributed by atoms with Gasteiger partial charge in [-0.15, -0.1) is 0 Å². The summed E-state index contributed by atoms with van der Waals surface area (Å²) >= 11 is 0. The number of aromatic nitrogens is 1. The van der Waals surface area contributed by atoms with Gasteiger partial charge in [-0.25, -0.2) is 9.37 Å². The number of nitriles is 1. The van der Waals surface area contributed by atoms with Gasteiger partial charge in [0.05, 0.1) is 5.69 Å². The lowest BCUT2D eigenvalue weighted by atomic mass is 10.1. The van der Waals surface area contributed by atoms with Crippen LogP contribution in [0.15, 0.2) is 54.6 Å². The summed E-state index contributed by atoms with van der Waals surface area (Å²) in [4.78, 5) is 4.43. The van der Waals surface area contributed by atoms with Crippen LogP contribution in [0.4, 0.5) is 4.39 Å². The fourth-order valence-corrected chi connectivity index (χ4v) is 2.49. The smallest absolute Gasteiger partial charge is 0.237 e. The van der Waals surface area contributed by atoms with E-state index in [1.807, 2.05) is 32.0 Å². The normalized spacial score (nSPS) is 10.2. The number of benzene rings is 2. The average Bonchev–Trinajstić information content (AvgIpc) is 2.54. The highest BCUT2D eigenvalue weighted by molar-refractivity contribution is 5.61. The third-order valence-electron chi connectivity index (χ3n) is 3.53. The zero-order valence-electron chi connectivity index (χ0n) is 13.4. The summed E-state index contributed by atoms with van der Waals surface area (Å²) in [5.74, 6) is 0.566. The van der Waals surface area contributed by atoms with Gasteiger partial charge in [-0.2, -0.15) is 5.26 Å². The van der Waals surface area contributed by atoms with E-state index in [1.54, 1.807) is 24.3 Å². The Kier molecular flexibility index (Phi) is 4.26.